The Kier molecular flexibility index (Phi) is 3.17. The molecule has 4 fully saturated rings. The molecule has 4 nitrogen and oxygen atoms in total. The average molecular weight is 300 g/mol. The maximum Gasteiger partial charge on any atom is 0.307 e. The molecule has 0 unspecified atom stereocenters. The van der Waals surface area contributed by atoms with Gasteiger partial charge in [-0.25, -0.2) is 5.43 Å². The number of furan rings is 1. The Balaban J connectivity index is 1.49. The van der Waals surface area contributed by atoms with Crippen molar-refractivity contribution in [1.29, 1.82) is 0 Å². The molecule has 1 heterocycles. The number of aryl methyl sites for hydroxylation is 1. The zero-order valence-electron chi connectivity index (χ0n) is 13.4. The van der Waals surface area contributed by atoms with E-state index in [4.69, 9.17) is 4.42 Å². The van der Waals surface area contributed by atoms with Crippen LogP contribution in [-0.2, 0) is 0 Å². The maximum atomic E-state index is 12.1. The van der Waals surface area contributed by atoms with Gasteiger partial charge >= 0.3 is 5.91 Å². The minimum absolute atomic E-state index is 0.251. The van der Waals surface area contributed by atoms with Crippen LogP contribution in [0.4, 0.5) is 0 Å². The number of amides is 1. The van der Waals surface area contributed by atoms with Gasteiger partial charge in [-0.1, -0.05) is 0 Å². The Hall–Kier alpha value is -1.58. The summed E-state index contributed by atoms with van der Waals surface area (Å²) in [4.78, 5) is 12.1. The molecular formula is C18H24N2O2. The van der Waals surface area contributed by atoms with Crippen LogP contribution in [-0.4, -0.2) is 11.6 Å². The van der Waals surface area contributed by atoms with E-state index in [1.807, 2.05) is 6.92 Å². The van der Waals surface area contributed by atoms with Gasteiger partial charge in [-0.3, -0.25) is 4.79 Å². The van der Waals surface area contributed by atoms with Crippen LogP contribution in [0.5, 0.6) is 0 Å². The third-order valence-corrected chi connectivity index (χ3v) is 6.10. The molecule has 1 aromatic heterocycles. The molecule has 0 saturated heterocycles. The highest BCUT2D eigenvalue weighted by molar-refractivity contribution is 5.94. The predicted molar refractivity (Wildman–Crippen MR) is 84.6 cm³/mol. The molecule has 0 radical (unpaired) electrons. The first-order valence-corrected chi connectivity index (χ1v) is 8.46. The van der Waals surface area contributed by atoms with Crippen LogP contribution in [0.2, 0.25) is 0 Å². The van der Waals surface area contributed by atoms with E-state index in [1.165, 1.54) is 38.5 Å². The van der Waals surface area contributed by atoms with Crippen molar-refractivity contribution in [1.82, 2.24) is 5.43 Å². The fourth-order valence-electron chi connectivity index (χ4n) is 5.42. The molecule has 0 aromatic carbocycles. The number of hydrogen-bond donors (Lipinski definition) is 1. The first-order chi connectivity index (χ1) is 10.5. The molecule has 22 heavy (non-hydrogen) atoms. The van der Waals surface area contributed by atoms with E-state index in [0.717, 1.165) is 29.2 Å². The van der Waals surface area contributed by atoms with Crippen LogP contribution < -0.4 is 5.43 Å². The molecular weight excluding hydrogens is 276 g/mol. The van der Waals surface area contributed by atoms with Gasteiger partial charge in [0.15, 0.2) is 5.76 Å². The average Bonchev–Trinajstić information content (AvgIpc) is 2.89. The fourth-order valence-corrected chi connectivity index (χ4v) is 5.42. The summed E-state index contributed by atoms with van der Waals surface area (Å²) in [5, 5.41) is 4.46. The zero-order chi connectivity index (χ0) is 15.3. The Labute approximate surface area is 131 Å². The summed E-state index contributed by atoms with van der Waals surface area (Å²) in [7, 11) is 0. The van der Waals surface area contributed by atoms with Gasteiger partial charge in [0.1, 0.15) is 5.76 Å². The van der Waals surface area contributed by atoms with E-state index < -0.39 is 0 Å². The van der Waals surface area contributed by atoms with Gasteiger partial charge in [0.2, 0.25) is 0 Å². The topological polar surface area (TPSA) is 54.6 Å². The van der Waals surface area contributed by atoms with Crippen molar-refractivity contribution in [3.8, 4) is 0 Å². The number of nitrogens with zero attached hydrogens (tertiary/aromatic N) is 1. The first-order valence-electron chi connectivity index (χ1n) is 8.46. The van der Waals surface area contributed by atoms with Gasteiger partial charge in [0, 0.05) is 11.1 Å². The smallest absolute Gasteiger partial charge is 0.307 e. The van der Waals surface area contributed by atoms with Crippen LogP contribution >= 0.6 is 0 Å². The van der Waals surface area contributed by atoms with Crippen molar-refractivity contribution in [2.45, 2.75) is 52.4 Å². The number of rotatable bonds is 3. The SMILES string of the molecule is CC(=NNC(=O)c1ccc(C)o1)C12CC3CC(CC(C3)C1)C2. The van der Waals surface area contributed by atoms with Crippen LogP contribution in [0.1, 0.15) is 61.8 Å². The molecule has 4 heteroatoms. The lowest BCUT2D eigenvalue weighted by Crippen LogP contribution is -2.49. The Morgan fingerprint density at radius 3 is 2.27 bits per heavy atom. The second-order valence-corrected chi connectivity index (χ2v) is 7.75. The number of carbonyl (C=O) groups excluding carboxylic acids is 1. The van der Waals surface area contributed by atoms with Gasteiger partial charge in [0.05, 0.1) is 0 Å². The quantitative estimate of drug-likeness (QED) is 0.679. The summed E-state index contributed by atoms with van der Waals surface area (Å²) >= 11 is 0. The van der Waals surface area contributed by atoms with Crippen molar-refractivity contribution in [2.75, 3.05) is 0 Å². The highest BCUT2D eigenvalue weighted by atomic mass is 16.3. The normalized spacial score (nSPS) is 36.6. The number of nitrogens with one attached hydrogen (secondary N) is 1. The van der Waals surface area contributed by atoms with Crippen molar-refractivity contribution < 1.29 is 9.21 Å². The molecule has 0 atom stereocenters. The first kappa shape index (κ1) is 14.0. The predicted octanol–water partition coefficient (Wildman–Crippen LogP) is 3.91. The van der Waals surface area contributed by atoms with E-state index in [9.17, 15) is 4.79 Å². The lowest BCUT2D eigenvalue weighted by atomic mass is 9.48. The van der Waals surface area contributed by atoms with E-state index in [1.54, 1.807) is 12.1 Å². The largest absolute Gasteiger partial charge is 0.456 e. The van der Waals surface area contributed by atoms with Crippen LogP contribution in [0, 0.1) is 30.1 Å². The molecule has 118 valence electrons. The lowest BCUT2D eigenvalue weighted by Gasteiger charge is -2.56. The molecule has 1 amide bonds. The second kappa shape index (κ2) is 4.97. The zero-order valence-corrected chi connectivity index (χ0v) is 13.4. The minimum atomic E-state index is -0.253. The summed E-state index contributed by atoms with van der Waals surface area (Å²) in [5.74, 6) is 3.49. The van der Waals surface area contributed by atoms with Crippen LogP contribution in [0.15, 0.2) is 21.7 Å². The monoisotopic (exact) mass is 300 g/mol. The summed E-state index contributed by atoms with van der Waals surface area (Å²) in [5.41, 5.74) is 4.06. The summed E-state index contributed by atoms with van der Waals surface area (Å²) in [6, 6.07) is 3.49. The second-order valence-electron chi connectivity index (χ2n) is 7.75. The summed E-state index contributed by atoms with van der Waals surface area (Å²) in [6.45, 7) is 3.93. The lowest BCUT2D eigenvalue weighted by molar-refractivity contribution is -0.0128. The Bertz CT molecular complexity index is 594. The third kappa shape index (κ3) is 2.29. The van der Waals surface area contributed by atoms with Gasteiger partial charge < -0.3 is 4.42 Å². The third-order valence-electron chi connectivity index (χ3n) is 6.10. The summed E-state index contributed by atoms with van der Waals surface area (Å²) in [6.07, 6.45) is 8.07. The van der Waals surface area contributed by atoms with E-state index in [2.05, 4.69) is 17.5 Å². The summed E-state index contributed by atoms with van der Waals surface area (Å²) < 4.78 is 5.35. The molecule has 1 aromatic rings. The molecule has 4 aliphatic carbocycles. The Morgan fingerprint density at radius 1 is 1.18 bits per heavy atom. The fraction of sp³-hybridized carbons (Fsp3) is 0.667. The minimum Gasteiger partial charge on any atom is -0.456 e. The molecule has 0 spiro atoms. The molecule has 4 aliphatic rings. The number of hydrogen-bond acceptors (Lipinski definition) is 3. The van der Waals surface area contributed by atoms with Crippen LogP contribution in [0.25, 0.3) is 0 Å². The van der Waals surface area contributed by atoms with Crippen molar-refractivity contribution in [2.24, 2.45) is 28.3 Å². The highest BCUT2D eigenvalue weighted by Gasteiger charge is 2.52. The number of hydrazone groups is 1. The molecule has 1 N–H and O–H groups in total. The standard InChI is InChI=1S/C18H24N2O2/c1-11-3-4-16(22-11)17(21)20-19-12(2)18-8-13-5-14(9-18)7-15(6-13)10-18/h3-4,13-15H,5-10H2,1-2H3,(H,20,21). The maximum absolute atomic E-state index is 12.1. The van der Waals surface area contributed by atoms with Gasteiger partial charge in [0.25, 0.3) is 0 Å². The molecule has 4 bridgehead atoms. The molecule has 0 aliphatic heterocycles. The molecule has 4 saturated carbocycles. The van der Waals surface area contributed by atoms with E-state index in [-0.39, 0.29) is 11.3 Å². The van der Waals surface area contributed by atoms with Crippen LogP contribution in [0.3, 0.4) is 0 Å². The van der Waals surface area contributed by atoms with Crippen molar-refractivity contribution >= 4 is 11.6 Å². The van der Waals surface area contributed by atoms with Gasteiger partial charge in [-0.05, 0) is 82.3 Å². The Morgan fingerprint density at radius 2 is 1.77 bits per heavy atom. The van der Waals surface area contributed by atoms with E-state index in [0.29, 0.717) is 5.76 Å². The highest BCUT2D eigenvalue weighted by Crippen LogP contribution is 2.60. The van der Waals surface area contributed by atoms with E-state index >= 15 is 0 Å². The van der Waals surface area contributed by atoms with Crippen molar-refractivity contribution in [3.63, 3.8) is 0 Å². The van der Waals surface area contributed by atoms with Gasteiger partial charge in [-0.2, -0.15) is 5.10 Å². The van der Waals surface area contributed by atoms with Crippen molar-refractivity contribution in [3.05, 3.63) is 23.7 Å². The molecule has 5 rings (SSSR count). The number of carbonyl (C=O) groups is 1. The van der Waals surface area contributed by atoms with Gasteiger partial charge in [-0.15, -0.1) is 0 Å².